The van der Waals surface area contributed by atoms with Crippen LogP contribution in [0.25, 0.3) is 0 Å². The van der Waals surface area contributed by atoms with Crippen molar-refractivity contribution in [2.45, 2.75) is 0 Å². The van der Waals surface area contributed by atoms with E-state index in [0.29, 0.717) is 11.8 Å². The summed E-state index contributed by atoms with van der Waals surface area (Å²) in [5.74, 6) is 0.751. The number of morpholine rings is 1. The number of methoxy groups -OCH3 is 1. The molecule has 0 unspecified atom stereocenters. The average Bonchev–Trinajstić information content (AvgIpc) is 2.69. The van der Waals surface area contributed by atoms with E-state index in [9.17, 15) is 4.79 Å². The van der Waals surface area contributed by atoms with Gasteiger partial charge in [-0.25, -0.2) is 4.98 Å². The summed E-state index contributed by atoms with van der Waals surface area (Å²) >= 11 is 0. The average molecular weight is 357 g/mol. The predicted octanol–water partition coefficient (Wildman–Crippen LogP) is 1.40. The second-order valence-corrected chi connectivity index (χ2v) is 5.95. The standard InChI is InChI=1S/C18H23N5O3/c1-22(18-19-8-7-17(21-18)25-2)13-16(24)20-14-3-5-15(6-4-14)23-9-11-26-12-10-23/h3-8H,9-13H2,1-2H3,(H,20,24). The number of amides is 1. The number of nitrogens with one attached hydrogen (secondary N) is 1. The molecule has 0 atom stereocenters. The summed E-state index contributed by atoms with van der Waals surface area (Å²) in [4.78, 5) is 24.6. The topological polar surface area (TPSA) is 79.8 Å². The number of carbonyl (C=O) groups excluding carboxylic acids is 1. The maximum atomic E-state index is 12.3. The van der Waals surface area contributed by atoms with Gasteiger partial charge in [0.1, 0.15) is 0 Å². The van der Waals surface area contributed by atoms with Gasteiger partial charge in [-0.05, 0) is 24.3 Å². The zero-order valence-corrected chi connectivity index (χ0v) is 15.0. The molecule has 0 aliphatic carbocycles. The van der Waals surface area contributed by atoms with Crippen LogP contribution < -0.4 is 19.9 Å². The van der Waals surface area contributed by atoms with Gasteiger partial charge in [0, 0.05) is 43.8 Å². The third-order valence-corrected chi connectivity index (χ3v) is 4.08. The van der Waals surface area contributed by atoms with E-state index in [1.807, 2.05) is 24.3 Å². The number of aromatic nitrogens is 2. The van der Waals surface area contributed by atoms with Gasteiger partial charge in [0.2, 0.25) is 17.7 Å². The van der Waals surface area contributed by atoms with Crippen LogP contribution in [0.3, 0.4) is 0 Å². The highest BCUT2D eigenvalue weighted by Gasteiger charge is 2.13. The normalized spacial score (nSPS) is 14.0. The van der Waals surface area contributed by atoms with Crippen molar-refractivity contribution < 1.29 is 14.3 Å². The smallest absolute Gasteiger partial charge is 0.243 e. The summed E-state index contributed by atoms with van der Waals surface area (Å²) in [5.41, 5.74) is 1.89. The summed E-state index contributed by atoms with van der Waals surface area (Å²) in [6, 6.07) is 9.49. The van der Waals surface area contributed by atoms with Crippen molar-refractivity contribution in [3.63, 3.8) is 0 Å². The molecule has 1 N–H and O–H groups in total. The molecule has 2 aromatic rings. The van der Waals surface area contributed by atoms with Crippen LogP contribution in [0.2, 0.25) is 0 Å². The second kappa shape index (κ2) is 8.48. The lowest BCUT2D eigenvalue weighted by Crippen LogP contribution is -2.36. The number of nitrogens with zero attached hydrogens (tertiary/aromatic N) is 4. The van der Waals surface area contributed by atoms with Gasteiger partial charge in [0.05, 0.1) is 26.9 Å². The van der Waals surface area contributed by atoms with Gasteiger partial charge >= 0.3 is 0 Å². The summed E-state index contributed by atoms with van der Waals surface area (Å²) < 4.78 is 10.4. The Morgan fingerprint density at radius 1 is 1.27 bits per heavy atom. The Hall–Kier alpha value is -2.87. The number of carbonyl (C=O) groups is 1. The molecule has 138 valence electrons. The molecule has 8 nitrogen and oxygen atoms in total. The fourth-order valence-corrected chi connectivity index (χ4v) is 2.69. The lowest BCUT2D eigenvalue weighted by molar-refractivity contribution is -0.114. The molecule has 0 spiro atoms. The quantitative estimate of drug-likeness (QED) is 0.837. The Morgan fingerprint density at radius 2 is 2.00 bits per heavy atom. The van der Waals surface area contributed by atoms with Gasteiger partial charge in [0.25, 0.3) is 0 Å². The van der Waals surface area contributed by atoms with Crippen LogP contribution in [-0.2, 0) is 9.53 Å². The van der Waals surface area contributed by atoms with E-state index in [0.717, 1.165) is 37.7 Å². The van der Waals surface area contributed by atoms with Crippen LogP contribution in [0.15, 0.2) is 36.5 Å². The molecule has 1 aliphatic rings. The minimum atomic E-state index is -0.141. The SMILES string of the molecule is COc1ccnc(N(C)CC(=O)Nc2ccc(N3CCOCC3)cc2)n1. The van der Waals surface area contributed by atoms with E-state index in [-0.39, 0.29) is 12.5 Å². The molecule has 1 aromatic heterocycles. The fourth-order valence-electron chi connectivity index (χ4n) is 2.69. The summed E-state index contributed by atoms with van der Waals surface area (Å²) in [7, 11) is 3.30. The molecule has 8 heteroatoms. The van der Waals surface area contributed by atoms with Gasteiger partial charge in [-0.2, -0.15) is 4.98 Å². The van der Waals surface area contributed by atoms with Crippen LogP contribution in [0, 0.1) is 0 Å². The van der Waals surface area contributed by atoms with Gasteiger partial charge < -0.3 is 24.6 Å². The fraction of sp³-hybridized carbons (Fsp3) is 0.389. The molecule has 1 aliphatic heterocycles. The summed E-state index contributed by atoms with van der Waals surface area (Å²) in [6.07, 6.45) is 1.60. The van der Waals surface area contributed by atoms with Gasteiger partial charge in [0.15, 0.2) is 0 Å². The number of hydrogen-bond donors (Lipinski definition) is 1. The van der Waals surface area contributed by atoms with Crippen molar-refractivity contribution >= 4 is 23.2 Å². The Morgan fingerprint density at radius 3 is 2.69 bits per heavy atom. The van der Waals surface area contributed by atoms with E-state index in [1.54, 1.807) is 31.3 Å². The number of likely N-dealkylation sites (N-methyl/N-ethyl adjacent to an activating group) is 1. The second-order valence-electron chi connectivity index (χ2n) is 5.95. The zero-order chi connectivity index (χ0) is 18.4. The summed E-state index contributed by atoms with van der Waals surface area (Å²) in [6.45, 7) is 3.40. The number of rotatable bonds is 6. The number of anilines is 3. The van der Waals surface area contributed by atoms with Crippen LogP contribution >= 0.6 is 0 Å². The molecule has 2 heterocycles. The Labute approximate surface area is 152 Å². The zero-order valence-electron chi connectivity index (χ0n) is 15.0. The van der Waals surface area contributed by atoms with Gasteiger partial charge in [-0.1, -0.05) is 0 Å². The maximum absolute atomic E-state index is 12.3. The molecule has 0 saturated carbocycles. The van der Waals surface area contributed by atoms with Gasteiger partial charge in [-0.15, -0.1) is 0 Å². The lowest BCUT2D eigenvalue weighted by Gasteiger charge is -2.28. The van der Waals surface area contributed by atoms with Crippen molar-refractivity contribution in [2.24, 2.45) is 0 Å². The first-order chi connectivity index (χ1) is 12.7. The molecule has 1 saturated heterocycles. The first-order valence-corrected chi connectivity index (χ1v) is 8.46. The Kier molecular flexibility index (Phi) is 5.85. The highest BCUT2D eigenvalue weighted by atomic mass is 16.5. The first kappa shape index (κ1) is 17.9. The van der Waals surface area contributed by atoms with Crippen LogP contribution in [0.4, 0.5) is 17.3 Å². The Balaban J connectivity index is 1.55. The van der Waals surface area contributed by atoms with Crippen LogP contribution in [0.1, 0.15) is 0 Å². The molecule has 26 heavy (non-hydrogen) atoms. The van der Waals surface area contributed by atoms with Crippen molar-refractivity contribution in [1.82, 2.24) is 9.97 Å². The molecular formula is C18H23N5O3. The summed E-state index contributed by atoms with van der Waals surface area (Å²) in [5, 5.41) is 2.89. The monoisotopic (exact) mass is 357 g/mol. The van der Waals surface area contributed by atoms with E-state index < -0.39 is 0 Å². The van der Waals surface area contributed by atoms with E-state index >= 15 is 0 Å². The van der Waals surface area contributed by atoms with Crippen molar-refractivity contribution in [3.05, 3.63) is 36.5 Å². The molecule has 1 amide bonds. The van der Waals surface area contributed by atoms with E-state index in [1.165, 1.54) is 0 Å². The third kappa shape index (κ3) is 4.60. The molecule has 3 rings (SSSR count). The highest BCUT2D eigenvalue weighted by Crippen LogP contribution is 2.19. The van der Waals surface area contributed by atoms with E-state index in [4.69, 9.17) is 9.47 Å². The minimum absolute atomic E-state index is 0.137. The van der Waals surface area contributed by atoms with Gasteiger partial charge in [-0.3, -0.25) is 4.79 Å². The van der Waals surface area contributed by atoms with Crippen molar-refractivity contribution in [2.75, 3.05) is 62.1 Å². The maximum Gasteiger partial charge on any atom is 0.243 e. The van der Waals surface area contributed by atoms with Crippen molar-refractivity contribution in [1.29, 1.82) is 0 Å². The molecule has 0 bridgehead atoms. The van der Waals surface area contributed by atoms with Crippen LogP contribution in [-0.4, -0.2) is 62.9 Å². The van der Waals surface area contributed by atoms with Crippen LogP contribution in [0.5, 0.6) is 5.88 Å². The largest absolute Gasteiger partial charge is 0.481 e. The Bertz CT molecular complexity index is 732. The lowest BCUT2D eigenvalue weighted by atomic mass is 10.2. The minimum Gasteiger partial charge on any atom is -0.481 e. The molecule has 0 radical (unpaired) electrons. The van der Waals surface area contributed by atoms with Crippen molar-refractivity contribution in [3.8, 4) is 5.88 Å². The first-order valence-electron chi connectivity index (χ1n) is 8.46. The molecule has 1 aromatic carbocycles. The number of ether oxygens (including phenoxy) is 2. The molecular weight excluding hydrogens is 334 g/mol. The number of hydrogen-bond acceptors (Lipinski definition) is 7. The van der Waals surface area contributed by atoms with E-state index in [2.05, 4.69) is 20.2 Å². The third-order valence-electron chi connectivity index (χ3n) is 4.08. The predicted molar refractivity (Wildman–Crippen MR) is 100.0 cm³/mol. The number of benzene rings is 1. The molecule has 1 fully saturated rings. The highest BCUT2D eigenvalue weighted by molar-refractivity contribution is 5.93.